The first-order chi connectivity index (χ1) is 8.31. The molecule has 0 atom stereocenters. The van der Waals surface area contributed by atoms with E-state index in [2.05, 4.69) is 17.1 Å². The molecule has 0 heterocycles. The quantitative estimate of drug-likeness (QED) is 0.578. The second-order valence-electron chi connectivity index (χ2n) is 3.94. The van der Waals surface area contributed by atoms with Gasteiger partial charge in [0, 0.05) is 0 Å². The molecule has 0 aliphatic rings. The van der Waals surface area contributed by atoms with Gasteiger partial charge in [-0.05, 0) is 36.1 Å². The lowest BCUT2D eigenvalue weighted by Gasteiger charge is -2.08. The molecule has 2 aromatic carbocycles. The highest BCUT2D eigenvalue weighted by molar-refractivity contribution is 5.57. The largest absolute Gasteiger partial charge is 0.240 e. The predicted molar refractivity (Wildman–Crippen MR) is 68.2 cm³/mol. The molecule has 2 heteroatoms. The molecule has 0 saturated heterocycles. The molecule has 2 rings (SSSR count). The molecule has 84 valence electrons. The number of rotatable bonds is 3. The summed E-state index contributed by atoms with van der Waals surface area (Å²) in [4.78, 5) is 14.2. The summed E-state index contributed by atoms with van der Waals surface area (Å²) in [7, 11) is 0. The molecule has 0 unspecified atom stereocenters. The molecule has 0 aromatic heterocycles. The Balaban J connectivity index is 2.41. The zero-order valence-corrected chi connectivity index (χ0v) is 9.68. The summed E-state index contributed by atoms with van der Waals surface area (Å²) >= 11 is 0. The number of hydrogen-bond acceptors (Lipinski definition) is 2. The van der Waals surface area contributed by atoms with E-state index in [-0.39, 0.29) is 0 Å². The molecule has 2 aromatic rings. The van der Waals surface area contributed by atoms with E-state index in [1.54, 1.807) is 6.08 Å². The summed E-state index contributed by atoms with van der Waals surface area (Å²) in [6.45, 7) is 2.03. The van der Waals surface area contributed by atoms with E-state index in [1.807, 2.05) is 43.3 Å². The SMILES string of the molecule is Cc1cccc(N=C=O)c1Cc1ccccc1. The first-order valence-electron chi connectivity index (χ1n) is 5.51. The molecule has 0 N–H and O–H groups in total. The summed E-state index contributed by atoms with van der Waals surface area (Å²) in [5.41, 5.74) is 4.15. The van der Waals surface area contributed by atoms with Crippen LogP contribution < -0.4 is 0 Å². The van der Waals surface area contributed by atoms with E-state index in [0.29, 0.717) is 5.69 Å². The van der Waals surface area contributed by atoms with Crippen LogP contribution in [0.4, 0.5) is 5.69 Å². The van der Waals surface area contributed by atoms with Crippen LogP contribution in [0.1, 0.15) is 16.7 Å². The molecule has 0 saturated carbocycles. The van der Waals surface area contributed by atoms with Crippen molar-refractivity contribution in [2.75, 3.05) is 0 Å². The van der Waals surface area contributed by atoms with Crippen molar-refractivity contribution in [3.63, 3.8) is 0 Å². The van der Waals surface area contributed by atoms with Gasteiger partial charge >= 0.3 is 0 Å². The number of isocyanates is 1. The summed E-state index contributed by atoms with van der Waals surface area (Å²) < 4.78 is 0. The van der Waals surface area contributed by atoms with Crippen LogP contribution in [0.2, 0.25) is 0 Å². The zero-order chi connectivity index (χ0) is 12.1. The first kappa shape index (κ1) is 11.3. The van der Waals surface area contributed by atoms with Gasteiger partial charge in [-0.1, -0.05) is 42.5 Å². The number of benzene rings is 2. The van der Waals surface area contributed by atoms with Crippen molar-refractivity contribution in [1.82, 2.24) is 0 Å². The van der Waals surface area contributed by atoms with Crippen molar-refractivity contribution in [3.8, 4) is 0 Å². The summed E-state index contributed by atoms with van der Waals surface area (Å²) in [5.74, 6) is 0. The maximum absolute atomic E-state index is 10.4. The first-order valence-corrected chi connectivity index (χ1v) is 5.51. The standard InChI is InChI=1S/C15H13NO/c1-12-6-5-9-15(16-11-17)14(12)10-13-7-3-2-4-8-13/h2-9H,10H2,1H3. The van der Waals surface area contributed by atoms with Gasteiger partial charge in [-0.25, -0.2) is 4.79 Å². The Kier molecular flexibility index (Phi) is 3.49. The Morgan fingerprint density at radius 3 is 2.53 bits per heavy atom. The van der Waals surface area contributed by atoms with E-state index in [0.717, 1.165) is 17.5 Å². The third-order valence-corrected chi connectivity index (χ3v) is 2.78. The maximum atomic E-state index is 10.4. The highest BCUT2D eigenvalue weighted by Crippen LogP contribution is 2.24. The predicted octanol–water partition coefficient (Wildman–Crippen LogP) is 3.55. The second-order valence-corrected chi connectivity index (χ2v) is 3.94. The molecule has 0 aliphatic heterocycles. The monoisotopic (exact) mass is 223 g/mol. The minimum absolute atomic E-state index is 0.712. The average molecular weight is 223 g/mol. The van der Waals surface area contributed by atoms with Gasteiger partial charge in [0.2, 0.25) is 6.08 Å². The Morgan fingerprint density at radius 1 is 1.06 bits per heavy atom. The number of aryl methyl sites for hydroxylation is 1. The summed E-state index contributed by atoms with van der Waals surface area (Å²) in [6, 6.07) is 15.9. The molecule has 2 nitrogen and oxygen atoms in total. The second kappa shape index (κ2) is 5.24. The van der Waals surface area contributed by atoms with E-state index < -0.39 is 0 Å². The lowest BCUT2D eigenvalue weighted by atomic mass is 9.99. The molecular weight excluding hydrogens is 210 g/mol. The Bertz CT molecular complexity index is 554. The van der Waals surface area contributed by atoms with Crippen molar-refractivity contribution in [3.05, 3.63) is 65.2 Å². The van der Waals surface area contributed by atoms with Crippen molar-refractivity contribution < 1.29 is 4.79 Å². The minimum atomic E-state index is 0.712. The van der Waals surface area contributed by atoms with Crippen LogP contribution in [0.25, 0.3) is 0 Å². The molecule has 0 radical (unpaired) electrons. The molecule has 0 fully saturated rings. The van der Waals surface area contributed by atoms with Gasteiger partial charge in [-0.2, -0.15) is 4.99 Å². The third kappa shape index (κ3) is 2.68. The van der Waals surface area contributed by atoms with Crippen molar-refractivity contribution >= 4 is 11.8 Å². The highest BCUT2D eigenvalue weighted by atomic mass is 16.1. The van der Waals surface area contributed by atoms with Gasteiger partial charge < -0.3 is 0 Å². The molecule has 0 amide bonds. The number of nitrogens with zero attached hydrogens (tertiary/aromatic N) is 1. The van der Waals surface area contributed by atoms with E-state index in [4.69, 9.17) is 0 Å². The highest BCUT2D eigenvalue weighted by Gasteiger charge is 2.05. The Morgan fingerprint density at radius 2 is 1.82 bits per heavy atom. The molecule has 0 bridgehead atoms. The lowest BCUT2D eigenvalue weighted by Crippen LogP contribution is -1.92. The Labute approximate surface area is 101 Å². The molecular formula is C15H13NO. The van der Waals surface area contributed by atoms with Gasteiger partial charge in [0.15, 0.2) is 0 Å². The van der Waals surface area contributed by atoms with Crippen LogP contribution in [-0.4, -0.2) is 6.08 Å². The van der Waals surface area contributed by atoms with Gasteiger partial charge in [0.25, 0.3) is 0 Å². The Hall–Kier alpha value is -2.18. The molecule has 0 aliphatic carbocycles. The van der Waals surface area contributed by atoms with E-state index >= 15 is 0 Å². The number of carbonyl (C=O) groups excluding carboxylic acids is 1. The minimum Gasteiger partial charge on any atom is -0.211 e. The van der Waals surface area contributed by atoms with Crippen molar-refractivity contribution in [1.29, 1.82) is 0 Å². The average Bonchev–Trinajstić information content (AvgIpc) is 2.35. The van der Waals surface area contributed by atoms with Crippen LogP contribution in [0.3, 0.4) is 0 Å². The fraction of sp³-hybridized carbons (Fsp3) is 0.133. The third-order valence-electron chi connectivity index (χ3n) is 2.78. The normalized spacial score (nSPS) is 9.71. The van der Waals surface area contributed by atoms with E-state index in [1.165, 1.54) is 5.56 Å². The van der Waals surface area contributed by atoms with Gasteiger partial charge in [-0.3, -0.25) is 0 Å². The van der Waals surface area contributed by atoms with Crippen LogP contribution in [-0.2, 0) is 11.2 Å². The van der Waals surface area contributed by atoms with Gasteiger partial charge in [-0.15, -0.1) is 0 Å². The van der Waals surface area contributed by atoms with Gasteiger partial charge in [0.05, 0.1) is 5.69 Å². The smallest absolute Gasteiger partial charge is 0.211 e. The van der Waals surface area contributed by atoms with Crippen LogP contribution >= 0.6 is 0 Å². The summed E-state index contributed by atoms with van der Waals surface area (Å²) in [6.07, 6.45) is 2.40. The van der Waals surface area contributed by atoms with Crippen LogP contribution in [0, 0.1) is 6.92 Å². The van der Waals surface area contributed by atoms with Gasteiger partial charge in [0.1, 0.15) is 0 Å². The van der Waals surface area contributed by atoms with Crippen molar-refractivity contribution in [2.24, 2.45) is 4.99 Å². The topological polar surface area (TPSA) is 29.4 Å². The number of aliphatic imine (C=N–C) groups is 1. The fourth-order valence-corrected chi connectivity index (χ4v) is 1.87. The summed E-state index contributed by atoms with van der Waals surface area (Å²) in [5, 5.41) is 0. The molecule has 0 spiro atoms. The fourth-order valence-electron chi connectivity index (χ4n) is 1.87. The van der Waals surface area contributed by atoms with E-state index in [9.17, 15) is 4.79 Å². The molecule has 17 heavy (non-hydrogen) atoms. The van der Waals surface area contributed by atoms with Crippen LogP contribution in [0.5, 0.6) is 0 Å². The lowest BCUT2D eigenvalue weighted by molar-refractivity contribution is 0.565. The number of hydrogen-bond donors (Lipinski definition) is 0. The van der Waals surface area contributed by atoms with Crippen molar-refractivity contribution in [2.45, 2.75) is 13.3 Å². The zero-order valence-electron chi connectivity index (χ0n) is 9.68. The van der Waals surface area contributed by atoms with Crippen LogP contribution in [0.15, 0.2) is 53.5 Å². The maximum Gasteiger partial charge on any atom is 0.240 e.